The summed E-state index contributed by atoms with van der Waals surface area (Å²) in [7, 11) is 0. The smallest absolute Gasteiger partial charge is 0.327 e. The highest BCUT2D eigenvalue weighted by Gasteiger charge is 2.47. The molecule has 0 bridgehead atoms. The number of amides is 4. The summed E-state index contributed by atoms with van der Waals surface area (Å²) in [5, 5.41) is 6.64. The maximum Gasteiger partial charge on any atom is 0.327 e. The number of carbonyl (C=O) groups is 3. The Bertz CT molecular complexity index is 1110. The fourth-order valence-corrected chi connectivity index (χ4v) is 4.72. The Morgan fingerprint density at radius 2 is 1.85 bits per heavy atom. The minimum absolute atomic E-state index is 0.111. The Kier molecular flexibility index (Phi) is 6.30. The van der Waals surface area contributed by atoms with Crippen molar-refractivity contribution in [3.05, 3.63) is 53.1 Å². The van der Waals surface area contributed by atoms with Crippen molar-refractivity contribution in [2.75, 3.05) is 31.6 Å². The quantitative estimate of drug-likeness (QED) is 0.676. The number of hydrogen-bond acceptors (Lipinski definition) is 6. The molecule has 2 unspecified atom stereocenters. The van der Waals surface area contributed by atoms with Gasteiger partial charge in [-0.3, -0.25) is 14.5 Å². The molecule has 2 aromatic carbocycles. The third kappa shape index (κ3) is 4.53. The van der Waals surface area contributed by atoms with Gasteiger partial charge in [0.05, 0.1) is 12.6 Å². The van der Waals surface area contributed by atoms with Crippen LogP contribution in [0.2, 0.25) is 5.02 Å². The number of piperidine rings is 1. The summed E-state index contributed by atoms with van der Waals surface area (Å²) < 4.78 is 11.1. The SMILES string of the molecule is O=C(CN1C(=O)N(Cc2ccc(Cl)cc2)C(=O)C2NCCCC21)Nc1ccc2c(c1)OCCO2. The van der Waals surface area contributed by atoms with E-state index in [-0.39, 0.29) is 30.9 Å². The van der Waals surface area contributed by atoms with Gasteiger partial charge in [-0.1, -0.05) is 23.7 Å². The third-order valence-corrected chi connectivity index (χ3v) is 6.48. The van der Waals surface area contributed by atoms with Gasteiger partial charge in [-0.25, -0.2) is 4.79 Å². The predicted molar refractivity (Wildman–Crippen MR) is 125 cm³/mol. The molecule has 178 valence electrons. The lowest BCUT2D eigenvalue weighted by molar-refractivity contribution is -0.138. The number of anilines is 1. The Morgan fingerprint density at radius 3 is 2.65 bits per heavy atom. The van der Waals surface area contributed by atoms with Crippen molar-refractivity contribution in [1.29, 1.82) is 0 Å². The number of halogens is 1. The molecule has 10 heteroatoms. The minimum Gasteiger partial charge on any atom is -0.486 e. The van der Waals surface area contributed by atoms with Crippen LogP contribution in [-0.2, 0) is 16.1 Å². The second-order valence-electron chi connectivity index (χ2n) is 8.51. The van der Waals surface area contributed by atoms with Gasteiger partial charge < -0.3 is 25.0 Å². The van der Waals surface area contributed by atoms with E-state index in [0.717, 1.165) is 12.0 Å². The van der Waals surface area contributed by atoms with Crippen LogP contribution in [0, 0.1) is 0 Å². The Morgan fingerprint density at radius 1 is 1.09 bits per heavy atom. The first-order valence-electron chi connectivity index (χ1n) is 11.3. The van der Waals surface area contributed by atoms with E-state index in [1.165, 1.54) is 9.80 Å². The lowest BCUT2D eigenvalue weighted by atomic mass is 9.93. The highest BCUT2D eigenvalue weighted by molar-refractivity contribution is 6.30. The molecule has 0 saturated carbocycles. The van der Waals surface area contributed by atoms with Crippen LogP contribution in [0.15, 0.2) is 42.5 Å². The summed E-state index contributed by atoms with van der Waals surface area (Å²) in [6.07, 6.45) is 1.47. The van der Waals surface area contributed by atoms with Crippen LogP contribution < -0.4 is 20.1 Å². The zero-order valence-corrected chi connectivity index (χ0v) is 19.2. The first-order chi connectivity index (χ1) is 16.5. The van der Waals surface area contributed by atoms with Crippen LogP contribution in [0.1, 0.15) is 18.4 Å². The van der Waals surface area contributed by atoms with Crippen molar-refractivity contribution in [1.82, 2.24) is 15.1 Å². The number of nitrogens with zero attached hydrogens (tertiary/aromatic N) is 2. The van der Waals surface area contributed by atoms with Gasteiger partial charge in [0.2, 0.25) is 11.8 Å². The maximum atomic E-state index is 13.4. The summed E-state index contributed by atoms with van der Waals surface area (Å²) in [5.41, 5.74) is 1.33. The second kappa shape index (κ2) is 9.52. The largest absolute Gasteiger partial charge is 0.486 e. The van der Waals surface area contributed by atoms with E-state index in [1.807, 2.05) is 0 Å². The first kappa shape index (κ1) is 22.5. The van der Waals surface area contributed by atoms with Crippen molar-refractivity contribution in [3.8, 4) is 11.5 Å². The van der Waals surface area contributed by atoms with E-state index in [0.29, 0.717) is 48.4 Å². The third-order valence-electron chi connectivity index (χ3n) is 6.23. The molecule has 2 fully saturated rings. The average molecular weight is 485 g/mol. The molecule has 2 N–H and O–H groups in total. The molecular weight excluding hydrogens is 460 g/mol. The molecule has 0 aliphatic carbocycles. The van der Waals surface area contributed by atoms with Gasteiger partial charge in [0, 0.05) is 16.8 Å². The molecule has 3 heterocycles. The normalized spacial score (nSPS) is 21.8. The Labute approximate surface area is 201 Å². The molecule has 9 nitrogen and oxygen atoms in total. The molecule has 4 amide bonds. The number of nitrogens with one attached hydrogen (secondary N) is 2. The van der Waals surface area contributed by atoms with Gasteiger partial charge in [0.1, 0.15) is 25.8 Å². The second-order valence-corrected chi connectivity index (χ2v) is 8.95. The number of fused-ring (bicyclic) bond motifs is 2. The molecular formula is C24H25ClN4O5. The molecule has 0 spiro atoms. The number of urea groups is 1. The summed E-state index contributed by atoms with van der Waals surface area (Å²) in [6.45, 7) is 1.56. The predicted octanol–water partition coefficient (Wildman–Crippen LogP) is 2.63. The van der Waals surface area contributed by atoms with Gasteiger partial charge in [-0.15, -0.1) is 0 Å². The van der Waals surface area contributed by atoms with Crippen LogP contribution >= 0.6 is 11.6 Å². The van der Waals surface area contributed by atoms with E-state index in [9.17, 15) is 14.4 Å². The molecule has 3 aliphatic heterocycles. The molecule has 0 aromatic heterocycles. The standard InChI is InChI=1S/C24H25ClN4O5/c25-16-5-3-15(4-6-16)13-29-23(31)22-18(2-1-9-26-22)28(24(29)32)14-21(30)27-17-7-8-19-20(12-17)34-11-10-33-19/h3-8,12,18,22,26H,1-2,9-11,13-14H2,(H,27,30). The zero-order chi connectivity index (χ0) is 23.7. The molecule has 2 atom stereocenters. The molecule has 5 rings (SSSR count). The first-order valence-corrected chi connectivity index (χ1v) is 11.7. The summed E-state index contributed by atoms with van der Waals surface area (Å²) in [5.74, 6) is 0.570. The van der Waals surface area contributed by atoms with Crippen molar-refractivity contribution in [2.24, 2.45) is 0 Å². The number of imide groups is 1. The van der Waals surface area contributed by atoms with Crippen molar-refractivity contribution >= 4 is 35.1 Å². The van der Waals surface area contributed by atoms with E-state index < -0.39 is 12.1 Å². The van der Waals surface area contributed by atoms with Gasteiger partial charge in [0.25, 0.3) is 0 Å². The fraction of sp³-hybridized carbons (Fsp3) is 0.375. The summed E-state index contributed by atoms with van der Waals surface area (Å²) >= 11 is 5.96. The number of hydrogen-bond donors (Lipinski definition) is 2. The Balaban J connectivity index is 1.33. The highest BCUT2D eigenvalue weighted by Crippen LogP contribution is 2.33. The number of rotatable bonds is 5. The summed E-state index contributed by atoms with van der Waals surface area (Å²) in [4.78, 5) is 42.2. The fourth-order valence-electron chi connectivity index (χ4n) is 4.60. The van der Waals surface area contributed by atoms with Gasteiger partial charge in [0.15, 0.2) is 11.5 Å². The van der Waals surface area contributed by atoms with Crippen molar-refractivity contribution < 1.29 is 23.9 Å². The Hall–Kier alpha value is -3.30. The minimum atomic E-state index is -0.541. The van der Waals surface area contributed by atoms with Crippen LogP contribution in [0.5, 0.6) is 11.5 Å². The van der Waals surface area contributed by atoms with Crippen LogP contribution in [-0.4, -0.2) is 66.0 Å². The lowest BCUT2D eigenvalue weighted by Crippen LogP contribution is -2.70. The lowest BCUT2D eigenvalue weighted by Gasteiger charge is -2.46. The maximum absolute atomic E-state index is 13.4. The summed E-state index contributed by atoms with van der Waals surface area (Å²) in [6, 6.07) is 10.8. The monoisotopic (exact) mass is 484 g/mol. The topological polar surface area (TPSA) is 100 Å². The number of ether oxygens (including phenoxy) is 2. The van der Waals surface area contributed by atoms with E-state index in [1.54, 1.807) is 42.5 Å². The van der Waals surface area contributed by atoms with Crippen molar-refractivity contribution in [2.45, 2.75) is 31.5 Å². The van der Waals surface area contributed by atoms with E-state index in [2.05, 4.69) is 10.6 Å². The molecule has 2 aromatic rings. The van der Waals surface area contributed by atoms with Crippen molar-refractivity contribution in [3.63, 3.8) is 0 Å². The van der Waals surface area contributed by atoms with E-state index in [4.69, 9.17) is 21.1 Å². The van der Waals surface area contributed by atoms with Crippen LogP contribution in [0.3, 0.4) is 0 Å². The number of carbonyl (C=O) groups excluding carboxylic acids is 3. The molecule has 0 radical (unpaired) electrons. The highest BCUT2D eigenvalue weighted by atomic mass is 35.5. The average Bonchev–Trinajstić information content (AvgIpc) is 2.85. The van der Waals surface area contributed by atoms with Gasteiger partial charge in [-0.2, -0.15) is 0 Å². The zero-order valence-electron chi connectivity index (χ0n) is 18.5. The van der Waals surface area contributed by atoms with Crippen LogP contribution in [0.25, 0.3) is 0 Å². The number of benzene rings is 2. The molecule has 3 aliphatic rings. The van der Waals surface area contributed by atoms with Crippen LogP contribution in [0.4, 0.5) is 10.5 Å². The molecule has 2 saturated heterocycles. The van der Waals surface area contributed by atoms with Gasteiger partial charge in [-0.05, 0) is 49.2 Å². The van der Waals surface area contributed by atoms with Gasteiger partial charge >= 0.3 is 6.03 Å². The molecule has 34 heavy (non-hydrogen) atoms. The van der Waals surface area contributed by atoms with E-state index >= 15 is 0 Å².